The molecule has 0 fully saturated rings. The van der Waals surface area contributed by atoms with Crippen molar-refractivity contribution in [1.82, 2.24) is 9.99 Å². The van der Waals surface area contributed by atoms with Gasteiger partial charge in [0.05, 0.1) is 17.3 Å². The summed E-state index contributed by atoms with van der Waals surface area (Å²) < 4.78 is 0. The zero-order valence-electron chi connectivity index (χ0n) is 18.4. The standard InChI is InChI=1S/C27H21Cl2N3O2/c1-2-24(33)32-23(18-10-6-7-11-20(18)29)15-22(31-32)26-25(16-8-4-3-5-9-16)19-14-17(28)12-13-21(19)30-27(26)34/h3-14,23H,2,15H2,1H3,(H,30,34). The zero-order chi connectivity index (χ0) is 23.8. The lowest BCUT2D eigenvalue weighted by molar-refractivity contribution is -0.132. The van der Waals surface area contributed by atoms with Crippen molar-refractivity contribution in [2.45, 2.75) is 25.8 Å². The van der Waals surface area contributed by atoms with Gasteiger partial charge in [-0.25, -0.2) is 5.01 Å². The molecule has 170 valence electrons. The highest BCUT2D eigenvalue weighted by Crippen LogP contribution is 2.39. The molecule has 0 radical (unpaired) electrons. The van der Waals surface area contributed by atoms with Crippen LogP contribution in [0.3, 0.4) is 0 Å². The van der Waals surface area contributed by atoms with Crippen molar-refractivity contribution in [2.75, 3.05) is 0 Å². The van der Waals surface area contributed by atoms with Gasteiger partial charge in [0, 0.05) is 39.4 Å². The van der Waals surface area contributed by atoms with Crippen molar-refractivity contribution < 1.29 is 4.79 Å². The number of pyridine rings is 1. The first-order chi connectivity index (χ1) is 16.5. The molecule has 1 aliphatic heterocycles. The third-order valence-corrected chi connectivity index (χ3v) is 6.64. The van der Waals surface area contributed by atoms with E-state index in [1.165, 1.54) is 5.01 Å². The summed E-state index contributed by atoms with van der Waals surface area (Å²) in [5.74, 6) is -0.138. The molecule has 4 aromatic rings. The number of carbonyl (C=O) groups excluding carboxylic acids is 1. The number of fused-ring (bicyclic) bond motifs is 1. The highest BCUT2D eigenvalue weighted by Gasteiger charge is 2.35. The van der Waals surface area contributed by atoms with Gasteiger partial charge in [-0.2, -0.15) is 5.10 Å². The van der Waals surface area contributed by atoms with Crippen LogP contribution in [0.4, 0.5) is 0 Å². The maximum Gasteiger partial charge on any atom is 0.258 e. The molecule has 1 aliphatic rings. The fraction of sp³-hybridized carbons (Fsp3) is 0.148. The van der Waals surface area contributed by atoms with Crippen LogP contribution in [0, 0.1) is 0 Å². The third-order valence-electron chi connectivity index (χ3n) is 6.06. The second-order valence-corrected chi connectivity index (χ2v) is 8.98. The van der Waals surface area contributed by atoms with E-state index in [9.17, 15) is 9.59 Å². The van der Waals surface area contributed by atoms with Crippen molar-refractivity contribution in [2.24, 2.45) is 5.10 Å². The molecule has 2 heterocycles. The number of aromatic nitrogens is 1. The topological polar surface area (TPSA) is 65.5 Å². The monoisotopic (exact) mass is 489 g/mol. The van der Waals surface area contributed by atoms with Gasteiger partial charge >= 0.3 is 0 Å². The van der Waals surface area contributed by atoms with E-state index in [1.807, 2.05) is 54.6 Å². The molecule has 5 rings (SSSR count). The second-order valence-electron chi connectivity index (χ2n) is 8.14. The van der Waals surface area contributed by atoms with E-state index >= 15 is 0 Å². The molecule has 0 spiro atoms. The molecule has 34 heavy (non-hydrogen) atoms. The van der Waals surface area contributed by atoms with E-state index in [1.54, 1.807) is 25.1 Å². The fourth-order valence-corrected chi connectivity index (χ4v) is 4.92. The SMILES string of the molecule is CCC(=O)N1N=C(c2c(-c3ccccc3)c3cc(Cl)ccc3[nH]c2=O)CC1c1ccccc1Cl. The smallest absolute Gasteiger partial charge is 0.258 e. The fourth-order valence-electron chi connectivity index (χ4n) is 4.49. The number of benzene rings is 3. The first kappa shape index (κ1) is 22.4. The molecular weight excluding hydrogens is 469 g/mol. The van der Waals surface area contributed by atoms with Gasteiger partial charge in [-0.15, -0.1) is 0 Å². The number of carbonyl (C=O) groups is 1. The predicted octanol–water partition coefficient (Wildman–Crippen LogP) is 6.59. The zero-order valence-corrected chi connectivity index (χ0v) is 19.9. The molecule has 5 nitrogen and oxygen atoms in total. The number of nitrogens with zero attached hydrogens (tertiary/aromatic N) is 2. The van der Waals surface area contributed by atoms with E-state index in [2.05, 4.69) is 4.98 Å². The van der Waals surface area contributed by atoms with Crippen LogP contribution in [-0.2, 0) is 4.79 Å². The van der Waals surface area contributed by atoms with E-state index in [-0.39, 0.29) is 17.9 Å². The minimum atomic E-state index is -0.394. The highest BCUT2D eigenvalue weighted by atomic mass is 35.5. The number of hydrogen-bond acceptors (Lipinski definition) is 3. The summed E-state index contributed by atoms with van der Waals surface area (Å²) in [4.78, 5) is 29.3. The van der Waals surface area contributed by atoms with Crippen LogP contribution >= 0.6 is 23.2 Å². The second kappa shape index (κ2) is 9.09. The van der Waals surface area contributed by atoms with Crippen molar-refractivity contribution in [3.63, 3.8) is 0 Å². The summed E-state index contributed by atoms with van der Waals surface area (Å²) in [7, 11) is 0. The Labute approximate surface area is 206 Å². The Kier molecular flexibility index (Phi) is 5.98. The van der Waals surface area contributed by atoms with Crippen LogP contribution in [0.5, 0.6) is 0 Å². The minimum Gasteiger partial charge on any atom is -0.321 e. The number of H-pyrrole nitrogens is 1. The lowest BCUT2D eigenvalue weighted by atomic mass is 9.91. The largest absolute Gasteiger partial charge is 0.321 e. The molecule has 1 unspecified atom stereocenters. The summed E-state index contributed by atoms with van der Waals surface area (Å²) >= 11 is 12.8. The number of hydrazone groups is 1. The lowest BCUT2D eigenvalue weighted by Gasteiger charge is -2.22. The Morgan fingerprint density at radius 2 is 1.76 bits per heavy atom. The summed E-state index contributed by atoms with van der Waals surface area (Å²) in [5, 5.41) is 8.09. The minimum absolute atomic E-state index is 0.138. The average Bonchev–Trinajstić information content (AvgIpc) is 3.28. The van der Waals surface area contributed by atoms with Crippen molar-refractivity contribution in [1.29, 1.82) is 0 Å². The van der Waals surface area contributed by atoms with Crippen LogP contribution in [0.25, 0.3) is 22.0 Å². The molecule has 0 saturated carbocycles. The van der Waals surface area contributed by atoms with Gasteiger partial charge in [0.1, 0.15) is 0 Å². The van der Waals surface area contributed by atoms with Crippen molar-refractivity contribution in [3.05, 3.63) is 104 Å². The Morgan fingerprint density at radius 1 is 1.03 bits per heavy atom. The summed E-state index contributed by atoms with van der Waals surface area (Å²) in [6.07, 6.45) is 0.650. The quantitative estimate of drug-likeness (QED) is 0.351. The van der Waals surface area contributed by atoms with Crippen molar-refractivity contribution >= 4 is 45.7 Å². The molecule has 0 aliphatic carbocycles. The lowest BCUT2D eigenvalue weighted by Crippen LogP contribution is -2.26. The summed E-state index contributed by atoms with van der Waals surface area (Å²) in [6, 6.07) is 22.1. The number of amides is 1. The van der Waals surface area contributed by atoms with E-state index < -0.39 is 6.04 Å². The summed E-state index contributed by atoms with van der Waals surface area (Å²) in [6.45, 7) is 1.79. The molecule has 1 atom stereocenters. The van der Waals surface area contributed by atoms with E-state index in [0.717, 1.165) is 22.1 Å². The van der Waals surface area contributed by atoms with Gasteiger partial charge in [-0.1, -0.05) is 78.7 Å². The van der Waals surface area contributed by atoms with Crippen LogP contribution < -0.4 is 5.56 Å². The van der Waals surface area contributed by atoms with Gasteiger partial charge in [-0.3, -0.25) is 9.59 Å². The normalized spacial score (nSPS) is 15.6. The maximum atomic E-state index is 13.5. The molecule has 7 heteroatoms. The Balaban J connectivity index is 1.76. The Bertz CT molecular complexity index is 1500. The van der Waals surface area contributed by atoms with E-state index in [4.69, 9.17) is 28.3 Å². The molecule has 3 aromatic carbocycles. The van der Waals surface area contributed by atoms with Gasteiger partial charge in [0.25, 0.3) is 5.56 Å². The van der Waals surface area contributed by atoms with Crippen LogP contribution in [0.15, 0.2) is 82.7 Å². The van der Waals surface area contributed by atoms with Crippen molar-refractivity contribution in [3.8, 4) is 11.1 Å². The van der Waals surface area contributed by atoms with Crippen LogP contribution in [-0.4, -0.2) is 21.6 Å². The Morgan fingerprint density at radius 3 is 2.50 bits per heavy atom. The molecule has 1 N–H and O–H groups in total. The molecular formula is C27H21Cl2N3O2. The van der Waals surface area contributed by atoms with E-state index in [0.29, 0.717) is 33.3 Å². The van der Waals surface area contributed by atoms with Gasteiger partial charge in [-0.05, 0) is 35.4 Å². The molecule has 1 aromatic heterocycles. The van der Waals surface area contributed by atoms with Gasteiger partial charge < -0.3 is 4.98 Å². The van der Waals surface area contributed by atoms with Crippen LogP contribution in [0.2, 0.25) is 10.0 Å². The first-order valence-corrected chi connectivity index (χ1v) is 11.8. The molecule has 1 amide bonds. The maximum absolute atomic E-state index is 13.5. The molecule has 0 saturated heterocycles. The number of halogens is 2. The molecule has 0 bridgehead atoms. The number of nitrogens with one attached hydrogen (secondary N) is 1. The van der Waals surface area contributed by atoms with Gasteiger partial charge in [0.2, 0.25) is 5.91 Å². The average molecular weight is 490 g/mol. The Hall–Kier alpha value is -3.41. The summed E-state index contributed by atoms with van der Waals surface area (Å²) in [5.41, 5.74) is 3.79. The predicted molar refractivity (Wildman–Crippen MR) is 137 cm³/mol. The number of hydrogen-bond donors (Lipinski definition) is 1. The van der Waals surface area contributed by atoms with Crippen LogP contribution in [0.1, 0.15) is 36.9 Å². The first-order valence-electron chi connectivity index (χ1n) is 11.0. The van der Waals surface area contributed by atoms with Gasteiger partial charge in [0.15, 0.2) is 0 Å². The highest BCUT2D eigenvalue weighted by molar-refractivity contribution is 6.32. The number of rotatable bonds is 4. The number of aromatic amines is 1. The third kappa shape index (κ3) is 3.91.